The third-order valence-electron chi connectivity index (χ3n) is 5.69. The number of nitrogens with one attached hydrogen (secondary N) is 4. The van der Waals surface area contributed by atoms with E-state index in [0.717, 1.165) is 30.2 Å². The Bertz CT molecular complexity index is 1030. The zero-order chi connectivity index (χ0) is 20.5. The summed E-state index contributed by atoms with van der Waals surface area (Å²) in [5.41, 5.74) is 6.16. The van der Waals surface area contributed by atoms with Crippen LogP contribution in [0.1, 0.15) is 23.6 Å². The van der Waals surface area contributed by atoms with Crippen LogP contribution in [-0.4, -0.2) is 41.6 Å². The summed E-state index contributed by atoms with van der Waals surface area (Å²) in [6, 6.07) is 9.53. The third-order valence-corrected chi connectivity index (χ3v) is 5.69. The van der Waals surface area contributed by atoms with Gasteiger partial charge in [0.1, 0.15) is 17.7 Å². The minimum Gasteiger partial charge on any atom is -0.368 e. The van der Waals surface area contributed by atoms with Crippen LogP contribution in [0.5, 0.6) is 0 Å². The largest absolute Gasteiger partial charge is 0.368 e. The molecule has 5 rings (SSSR count). The van der Waals surface area contributed by atoms with Gasteiger partial charge in [0.25, 0.3) is 5.91 Å². The highest BCUT2D eigenvalue weighted by Crippen LogP contribution is 2.27. The molecule has 0 saturated carbocycles. The van der Waals surface area contributed by atoms with E-state index in [1.54, 1.807) is 12.3 Å². The lowest BCUT2D eigenvalue weighted by Crippen LogP contribution is -2.51. The molecule has 1 amide bonds. The van der Waals surface area contributed by atoms with E-state index in [2.05, 4.69) is 32.3 Å². The van der Waals surface area contributed by atoms with Crippen molar-refractivity contribution in [3.8, 4) is 6.07 Å². The van der Waals surface area contributed by atoms with Gasteiger partial charge in [-0.25, -0.2) is 5.43 Å². The van der Waals surface area contributed by atoms with Crippen molar-refractivity contribution < 1.29 is 4.79 Å². The molecule has 4 aliphatic heterocycles. The Morgan fingerprint density at radius 2 is 2.10 bits per heavy atom. The van der Waals surface area contributed by atoms with E-state index in [9.17, 15) is 10.1 Å². The maximum absolute atomic E-state index is 13.0. The third kappa shape index (κ3) is 3.29. The van der Waals surface area contributed by atoms with Crippen molar-refractivity contribution in [2.24, 2.45) is 0 Å². The Morgan fingerprint density at radius 3 is 2.90 bits per heavy atom. The Kier molecular flexibility index (Phi) is 4.65. The molecule has 8 nitrogen and oxygen atoms in total. The lowest BCUT2D eigenvalue weighted by atomic mass is 10.00. The maximum atomic E-state index is 13.0. The Morgan fingerprint density at radius 1 is 1.23 bits per heavy atom. The van der Waals surface area contributed by atoms with Crippen LogP contribution in [0.2, 0.25) is 0 Å². The van der Waals surface area contributed by atoms with E-state index in [0.29, 0.717) is 17.8 Å². The second-order valence-electron chi connectivity index (χ2n) is 7.57. The fourth-order valence-electron chi connectivity index (χ4n) is 3.94. The minimum atomic E-state index is -0.191. The van der Waals surface area contributed by atoms with Gasteiger partial charge in [-0.3, -0.25) is 9.80 Å². The Hall–Kier alpha value is -3.70. The highest BCUT2D eigenvalue weighted by molar-refractivity contribution is 5.94. The number of benzene rings is 1. The van der Waals surface area contributed by atoms with Crippen molar-refractivity contribution in [2.75, 3.05) is 19.6 Å². The highest BCUT2D eigenvalue weighted by Gasteiger charge is 2.34. The van der Waals surface area contributed by atoms with Crippen LogP contribution < -0.4 is 21.4 Å². The number of carbonyl (C=O) groups is 1. The van der Waals surface area contributed by atoms with Crippen molar-refractivity contribution >= 4 is 5.91 Å². The molecule has 1 fully saturated rings. The lowest BCUT2D eigenvalue weighted by molar-refractivity contribution is -0.118. The van der Waals surface area contributed by atoms with E-state index in [-0.39, 0.29) is 18.1 Å². The van der Waals surface area contributed by atoms with Gasteiger partial charge in [-0.05, 0) is 30.2 Å². The molecule has 0 spiro atoms. The molecule has 2 unspecified atom stereocenters. The zero-order valence-electron chi connectivity index (χ0n) is 16.4. The topological polar surface area (TPSA) is 95.5 Å². The van der Waals surface area contributed by atoms with Gasteiger partial charge in [0.05, 0.1) is 17.7 Å². The summed E-state index contributed by atoms with van der Waals surface area (Å²) in [7, 11) is 0. The SMILES string of the molecule is N#Cc1ccccc1C1C=CC2NC=C(C(=O)NC3=CCNC(N4CCC4)=C3)N2N1. The van der Waals surface area contributed by atoms with Crippen LogP contribution in [0.3, 0.4) is 0 Å². The number of hydrazine groups is 1. The van der Waals surface area contributed by atoms with Crippen molar-refractivity contribution in [3.05, 3.63) is 83.1 Å². The second kappa shape index (κ2) is 7.61. The standard InChI is InChI=1S/C22H23N7O/c23-13-15-4-1-2-5-17(15)18-6-7-20-25-14-19(29(20)27-18)22(30)26-16-8-9-24-21(12-16)28-10-3-11-28/h1-2,4-8,12,14,18,20,24-25,27H,3,9-11H2,(H,26,30). The summed E-state index contributed by atoms with van der Waals surface area (Å²) in [6.45, 7) is 2.79. The van der Waals surface area contributed by atoms with Gasteiger partial charge in [0.2, 0.25) is 0 Å². The van der Waals surface area contributed by atoms with Gasteiger partial charge >= 0.3 is 0 Å². The first kappa shape index (κ1) is 18.3. The molecule has 0 bridgehead atoms. The molecule has 30 heavy (non-hydrogen) atoms. The number of rotatable bonds is 4. The van der Waals surface area contributed by atoms with Crippen molar-refractivity contribution in [1.29, 1.82) is 5.26 Å². The number of likely N-dealkylation sites (tertiary alicyclic amines) is 1. The lowest BCUT2D eigenvalue weighted by Gasteiger charge is -2.37. The molecular weight excluding hydrogens is 378 g/mol. The molecule has 152 valence electrons. The van der Waals surface area contributed by atoms with Crippen LogP contribution >= 0.6 is 0 Å². The van der Waals surface area contributed by atoms with E-state index >= 15 is 0 Å². The first-order valence-corrected chi connectivity index (χ1v) is 10.1. The van der Waals surface area contributed by atoms with Gasteiger partial charge < -0.3 is 20.9 Å². The van der Waals surface area contributed by atoms with Gasteiger partial charge in [-0.1, -0.05) is 24.3 Å². The van der Waals surface area contributed by atoms with E-state index in [1.165, 1.54) is 6.42 Å². The second-order valence-corrected chi connectivity index (χ2v) is 7.57. The smallest absolute Gasteiger partial charge is 0.274 e. The number of hydrogen-bond acceptors (Lipinski definition) is 7. The molecule has 0 radical (unpaired) electrons. The summed E-state index contributed by atoms with van der Waals surface area (Å²) in [6.07, 6.45) is 10.7. The monoisotopic (exact) mass is 401 g/mol. The zero-order valence-corrected chi connectivity index (χ0v) is 16.4. The predicted octanol–water partition coefficient (Wildman–Crippen LogP) is 0.897. The normalized spacial score (nSPS) is 24.3. The molecule has 4 heterocycles. The number of amides is 1. The molecule has 1 aromatic rings. The van der Waals surface area contributed by atoms with E-state index < -0.39 is 0 Å². The van der Waals surface area contributed by atoms with Crippen molar-refractivity contribution in [3.63, 3.8) is 0 Å². The fourth-order valence-corrected chi connectivity index (χ4v) is 3.94. The number of dihydropyridines is 1. The summed E-state index contributed by atoms with van der Waals surface area (Å²) in [5.74, 6) is 0.870. The molecular formula is C22H23N7O. The van der Waals surface area contributed by atoms with Crippen LogP contribution in [0.15, 0.2) is 72.0 Å². The minimum absolute atomic E-state index is 0.148. The number of allylic oxidation sites excluding steroid dienone is 1. The van der Waals surface area contributed by atoms with Gasteiger partial charge in [-0.15, -0.1) is 0 Å². The summed E-state index contributed by atoms with van der Waals surface area (Å²) in [5, 5.41) is 20.8. The fraction of sp³-hybridized carbons (Fsp3) is 0.273. The van der Waals surface area contributed by atoms with E-state index in [1.807, 2.05) is 47.5 Å². The van der Waals surface area contributed by atoms with Crippen LogP contribution in [-0.2, 0) is 4.79 Å². The molecule has 1 saturated heterocycles. The van der Waals surface area contributed by atoms with Crippen molar-refractivity contribution in [1.82, 2.24) is 31.3 Å². The highest BCUT2D eigenvalue weighted by atomic mass is 16.2. The van der Waals surface area contributed by atoms with Crippen LogP contribution in [0, 0.1) is 11.3 Å². The maximum Gasteiger partial charge on any atom is 0.274 e. The molecule has 2 atom stereocenters. The summed E-state index contributed by atoms with van der Waals surface area (Å²) >= 11 is 0. The number of fused-ring (bicyclic) bond motifs is 1. The number of nitriles is 1. The van der Waals surface area contributed by atoms with Gasteiger partial charge in [0.15, 0.2) is 0 Å². The Balaban J connectivity index is 1.30. The molecule has 4 N–H and O–H groups in total. The van der Waals surface area contributed by atoms with Crippen LogP contribution in [0.25, 0.3) is 0 Å². The predicted molar refractivity (Wildman–Crippen MR) is 112 cm³/mol. The molecule has 0 aromatic heterocycles. The average Bonchev–Trinajstić information content (AvgIpc) is 3.16. The summed E-state index contributed by atoms with van der Waals surface area (Å²) < 4.78 is 0. The van der Waals surface area contributed by atoms with E-state index in [4.69, 9.17) is 0 Å². The number of hydrogen-bond donors (Lipinski definition) is 4. The van der Waals surface area contributed by atoms with Crippen LogP contribution in [0.4, 0.5) is 0 Å². The quantitative estimate of drug-likeness (QED) is 0.557. The first-order valence-electron chi connectivity index (χ1n) is 10.1. The molecule has 1 aromatic carbocycles. The first-order chi connectivity index (χ1) is 14.7. The summed E-state index contributed by atoms with van der Waals surface area (Å²) in [4.78, 5) is 15.3. The Labute approximate surface area is 175 Å². The van der Waals surface area contributed by atoms with Gasteiger partial charge in [0, 0.05) is 37.6 Å². The van der Waals surface area contributed by atoms with Crippen molar-refractivity contribution in [2.45, 2.75) is 18.6 Å². The molecule has 0 aliphatic carbocycles. The molecule has 4 aliphatic rings. The van der Waals surface area contributed by atoms with Gasteiger partial charge in [-0.2, -0.15) is 5.26 Å². The average molecular weight is 401 g/mol. The molecule has 8 heteroatoms. The number of carbonyl (C=O) groups excluding carboxylic acids is 1. The number of nitrogens with zero attached hydrogens (tertiary/aromatic N) is 3.